The van der Waals surface area contributed by atoms with Gasteiger partial charge in [0.05, 0.1) is 19.4 Å². The number of ether oxygens (including phenoxy) is 2. The lowest BCUT2D eigenvalue weighted by molar-refractivity contribution is -0.0503. The number of hydrogen-bond donors (Lipinski definition) is 5. The van der Waals surface area contributed by atoms with E-state index in [0.29, 0.717) is 11.4 Å². The molecule has 0 saturated carbocycles. The first kappa shape index (κ1) is 19.9. The molecule has 0 aliphatic carbocycles. The highest BCUT2D eigenvalue weighted by atomic mass is 16.6. The molecule has 4 rings (SSSR count). The fourth-order valence-corrected chi connectivity index (χ4v) is 3.14. The van der Waals surface area contributed by atoms with Crippen LogP contribution in [0.1, 0.15) is 6.23 Å². The highest BCUT2D eigenvalue weighted by Crippen LogP contribution is 2.35. The van der Waals surface area contributed by atoms with Crippen LogP contribution in [0.2, 0.25) is 0 Å². The van der Waals surface area contributed by atoms with Crippen LogP contribution in [0.25, 0.3) is 11.2 Å². The van der Waals surface area contributed by atoms with Crippen LogP contribution < -0.4 is 16.0 Å². The molecule has 2 aromatic heterocycles. The number of fused-ring (bicyclic) bond motifs is 1. The first-order valence-corrected chi connectivity index (χ1v) is 8.89. The van der Waals surface area contributed by atoms with Crippen molar-refractivity contribution < 1.29 is 24.8 Å². The molecule has 0 spiro atoms. The number of imidazole rings is 1. The van der Waals surface area contributed by atoms with Crippen molar-refractivity contribution in [2.24, 2.45) is 10.2 Å². The van der Waals surface area contributed by atoms with Gasteiger partial charge in [-0.3, -0.25) is 14.3 Å². The highest BCUT2D eigenvalue weighted by Gasteiger charge is 2.45. The lowest BCUT2D eigenvalue weighted by atomic mass is 10.1. The number of azo groups is 1. The summed E-state index contributed by atoms with van der Waals surface area (Å²) in [5.74, 6) is 0.345. The summed E-state index contributed by atoms with van der Waals surface area (Å²) in [4.78, 5) is 22.8. The number of nitrogens with one attached hydrogen (secondary N) is 1. The average Bonchev–Trinajstić information content (AvgIpc) is 3.24. The molecule has 1 unspecified atom stereocenters. The molecule has 1 aromatic carbocycles. The Morgan fingerprint density at radius 3 is 2.60 bits per heavy atom. The normalized spacial score (nSPS) is 24.1. The zero-order chi connectivity index (χ0) is 21.4. The van der Waals surface area contributed by atoms with Crippen LogP contribution in [-0.4, -0.2) is 66.9 Å². The Morgan fingerprint density at radius 1 is 1.23 bits per heavy atom. The van der Waals surface area contributed by atoms with Crippen LogP contribution in [0.4, 0.5) is 17.6 Å². The minimum atomic E-state index is -1.45. The number of aromatic nitrogens is 4. The van der Waals surface area contributed by atoms with E-state index in [1.165, 1.54) is 11.7 Å². The van der Waals surface area contributed by atoms with Crippen LogP contribution in [0, 0.1) is 0 Å². The van der Waals surface area contributed by atoms with Crippen LogP contribution in [0.3, 0.4) is 0 Å². The van der Waals surface area contributed by atoms with Gasteiger partial charge < -0.3 is 30.5 Å². The van der Waals surface area contributed by atoms with Gasteiger partial charge in [-0.15, -0.1) is 10.2 Å². The van der Waals surface area contributed by atoms with Gasteiger partial charge in [-0.1, -0.05) is 0 Å². The lowest BCUT2D eigenvalue weighted by Crippen LogP contribution is -2.33. The van der Waals surface area contributed by atoms with E-state index in [1.807, 2.05) is 0 Å². The molecule has 1 fully saturated rings. The van der Waals surface area contributed by atoms with Gasteiger partial charge in [-0.05, 0) is 24.3 Å². The molecule has 30 heavy (non-hydrogen) atoms. The van der Waals surface area contributed by atoms with Crippen molar-refractivity contribution in [1.29, 1.82) is 0 Å². The maximum atomic E-state index is 12.3. The zero-order valence-corrected chi connectivity index (χ0v) is 15.7. The molecule has 6 N–H and O–H groups in total. The summed E-state index contributed by atoms with van der Waals surface area (Å²) in [6, 6.07) is 6.70. The molecular weight excluding hydrogens is 398 g/mol. The van der Waals surface area contributed by atoms with Gasteiger partial charge in [0.15, 0.2) is 17.4 Å². The summed E-state index contributed by atoms with van der Waals surface area (Å²) in [7, 11) is 1.54. The first-order chi connectivity index (χ1) is 14.4. The van der Waals surface area contributed by atoms with E-state index >= 15 is 0 Å². The summed E-state index contributed by atoms with van der Waals surface area (Å²) in [6.07, 6.45) is -5.10. The second kappa shape index (κ2) is 7.79. The molecule has 1 saturated heterocycles. The molecule has 13 heteroatoms. The van der Waals surface area contributed by atoms with Crippen molar-refractivity contribution in [2.45, 2.75) is 24.5 Å². The fourth-order valence-electron chi connectivity index (χ4n) is 3.14. The monoisotopic (exact) mass is 417 g/mol. The number of methoxy groups -OCH3 is 1. The molecule has 1 aliphatic heterocycles. The van der Waals surface area contributed by atoms with Gasteiger partial charge in [0.25, 0.3) is 11.5 Å². The van der Waals surface area contributed by atoms with Crippen molar-refractivity contribution in [3.63, 3.8) is 0 Å². The van der Waals surface area contributed by atoms with Crippen LogP contribution in [0.15, 0.2) is 39.3 Å². The SMILES string of the molecule is COc1ccc(/N=N/c2nc3c(=O)[nH]c(N)nc3n2[C@@H]2O[C@H](CO)[C@H](O)C2O)cc1. The lowest BCUT2D eigenvalue weighted by Gasteiger charge is -2.17. The summed E-state index contributed by atoms with van der Waals surface area (Å²) >= 11 is 0. The van der Waals surface area contributed by atoms with E-state index < -0.39 is 36.7 Å². The van der Waals surface area contributed by atoms with Gasteiger partial charge in [-0.25, -0.2) is 4.98 Å². The van der Waals surface area contributed by atoms with Gasteiger partial charge in [-0.2, -0.15) is 4.98 Å². The Balaban J connectivity index is 1.82. The summed E-state index contributed by atoms with van der Waals surface area (Å²) in [5, 5.41) is 38.1. The maximum absolute atomic E-state index is 12.3. The largest absolute Gasteiger partial charge is 0.497 e. The smallest absolute Gasteiger partial charge is 0.280 e. The third-order valence-corrected chi connectivity index (χ3v) is 4.65. The predicted molar refractivity (Wildman–Crippen MR) is 103 cm³/mol. The highest BCUT2D eigenvalue weighted by molar-refractivity contribution is 5.74. The number of aliphatic hydroxyl groups excluding tert-OH is 3. The van der Waals surface area contributed by atoms with E-state index in [1.54, 1.807) is 24.3 Å². The Morgan fingerprint density at radius 2 is 1.97 bits per heavy atom. The number of nitrogens with two attached hydrogens (primary N) is 1. The van der Waals surface area contributed by atoms with Crippen molar-refractivity contribution >= 4 is 28.7 Å². The van der Waals surface area contributed by atoms with E-state index in [4.69, 9.17) is 15.2 Å². The van der Waals surface area contributed by atoms with Crippen molar-refractivity contribution in [1.82, 2.24) is 19.5 Å². The van der Waals surface area contributed by atoms with E-state index in [0.717, 1.165) is 0 Å². The van der Waals surface area contributed by atoms with Crippen LogP contribution in [0.5, 0.6) is 5.75 Å². The van der Waals surface area contributed by atoms with Crippen molar-refractivity contribution in [3.8, 4) is 5.75 Å². The molecule has 3 aromatic rings. The number of H-pyrrole nitrogens is 1. The topological polar surface area (TPSA) is 193 Å². The molecular formula is C17H19N7O6. The number of aliphatic hydroxyl groups is 3. The summed E-state index contributed by atoms with van der Waals surface area (Å²) < 4.78 is 11.8. The van der Waals surface area contributed by atoms with Crippen molar-refractivity contribution in [2.75, 3.05) is 19.5 Å². The molecule has 1 aliphatic rings. The van der Waals surface area contributed by atoms with E-state index in [2.05, 4.69) is 25.2 Å². The maximum Gasteiger partial charge on any atom is 0.280 e. The predicted octanol–water partition coefficient (Wildman–Crippen LogP) is -0.263. The fraction of sp³-hybridized carbons (Fsp3) is 0.353. The molecule has 0 amide bonds. The van der Waals surface area contributed by atoms with Gasteiger partial charge in [0, 0.05) is 0 Å². The number of aromatic amines is 1. The second-order valence-corrected chi connectivity index (χ2v) is 6.53. The van der Waals surface area contributed by atoms with Crippen LogP contribution >= 0.6 is 0 Å². The Hall–Kier alpha value is -3.39. The second-order valence-electron chi connectivity index (χ2n) is 6.53. The summed E-state index contributed by atoms with van der Waals surface area (Å²) in [5.41, 5.74) is 5.37. The standard InChI is InChI=1S/C17H19N7O6/c1-29-8-4-2-7(3-5-8)22-23-17-19-10-13(20-16(18)21-14(10)28)24(17)15-12(27)11(26)9(6-25)30-15/h2-5,9,11-12,15,25-27H,6H2,1H3,(H3,18,20,21,28)/b23-22+/t9-,11+,12?,15-/m1/s1. The van der Waals surface area contributed by atoms with Crippen molar-refractivity contribution in [3.05, 3.63) is 34.6 Å². The quantitative estimate of drug-likeness (QED) is 0.348. The first-order valence-electron chi connectivity index (χ1n) is 8.89. The average molecular weight is 417 g/mol. The Labute approximate surface area is 168 Å². The summed E-state index contributed by atoms with van der Waals surface area (Å²) in [6.45, 7) is -0.528. The third-order valence-electron chi connectivity index (χ3n) is 4.65. The Kier molecular flexibility index (Phi) is 5.17. The molecule has 0 bridgehead atoms. The Bertz CT molecular complexity index is 1140. The molecule has 13 nitrogen and oxygen atoms in total. The van der Waals surface area contributed by atoms with Gasteiger partial charge in [0.2, 0.25) is 5.95 Å². The van der Waals surface area contributed by atoms with E-state index in [-0.39, 0.29) is 23.1 Å². The third kappa shape index (κ3) is 3.39. The minimum absolute atomic E-state index is 0.0187. The number of hydrogen-bond acceptors (Lipinski definition) is 11. The number of nitrogens with zero attached hydrogens (tertiary/aromatic N) is 5. The zero-order valence-electron chi connectivity index (χ0n) is 15.7. The number of rotatable bonds is 5. The number of anilines is 1. The van der Waals surface area contributed by atoms with E-state index in [9.17, 15) is 20.1 Å². The minimum Gasteiger partial charge on any atom is -0.497 e. The number of benzene rings is 1. The molecule has 0 radical (unpaired) electrons. The number of nitrogen functional groups attached to an aromatic ring is 1. The van der Waals surface area contributed by atoms with Gasteiger partial charge >= 0.3 is 0 Å². The molecule has 3 heterocycles. The van der Waals surface area contributed by atoms with Crippen LogP contribution in [-0.2, 0) is 4.74 Å². The molecule has 158 valence electrons. The van der Waals surface area contributed by atoms with Gasteiger partial charge in [0.1, 0.15) is 24.1 Å². The molecule has 4 atom stereocenters.